The maximum atomic E-state index is 12.4. The van der Waals surface area contributed by atoms with E-state index >= 15 is 0 Å². The molecule has 0 fully saturated rings. The van der Waals surface area contributed by atoms with Crippen LogP contribution in [0.25, 0.3) is 39.6 Å². The summed E-state index contributed by atoms with van der Waals surface area (Å²) in [5.74, 6) is 1.29. The number of pyridine rings is 3. The number of aliphatic hydroxyl groups excluding tert-OH is 1. The van der Waals surface area contributed by atoms with E-state index in [4.69, 9.17) is 20.4 Å². The third-order valence-electron chi connectivity index (χ3n) is 5.18. The van der Waals surface area contributed by atoms with E-state index in [9.17, 15) is 9.50 Å². The zero-order chi connectivity index (χ0) is 22.8. The topological polar surface area (TPSA) is 112 Å². The molecule has 0 saturated carbocycles. The lowest BCUT2D eigenvalue weighted by Crippen LogP contribution is -2.02. The second-order valence-corrected chi connectivity index (χ2v) is 7.20. The summed E-state index contributed by atoms with van der Waals surface area (Å²) < 4.78 is 19.1. The molecule has 5 rings (SSSR count). The maximum Gasteiger partial charge on any atom is 0.228 e. The number of nitrogens with two attached hydrogens (primary N) is 1. The van der Waals surface area contributed by atoms with Crippen molar-refractivity contribution >= 4 is 17.0 Å². The molecule has 0 aliphatic rings. The Labute approximate surface area is 188 Å². The molecule has 4 aromatic heterocycles. The molecule has 0 amide bonds. The highest BCUT2D eigenvalue weighted by Gasteiger charge is 2.19. The zero-order valence-corrected chi connectivity index (χ0v) is 17.4. The average Bonchev–Trinajstić information content (AvgIpc) is 3.23. The zero-order valence-electron chi connectivity index (χ0n) is 17.4. The summed E-state index contributed by atoms with van der Waals surface area (Å²) in [4.78, 5) is 18.1. The van der Waals surface area contributed by atoms with Crippen molar-refractivity contribution in [2.75, 3.05) is 12.6 Å². The van der Waals surface area contributed by atoms with Gasteiger partial charge in [-0.25, -0.2) is 19.3 Å². The van der Waals surface area contributed by atoms with Gasteiger partial charge in [0.2, 0.25) is 6.86 Å². The van der Waals surface area contributed by atoms with Crippen LogP contribution >= 0.6 is 0 Å². The fourth-order valence-corrected chi connectivity index (χ4v) is 3.56. The highest BCUT2D eigenvalue weighted by molar-refractivity contribution is 5.84. The first kappa shape index (κ1) is 20.5. The molecule has 1 aromatic carbocycles. The Bertz CT molecular complexity index is 1420. The van der Waals surface area contributed by atoms with Crippen molar-refractivity contribution < 1.29 is 14.2 Å². The molecule has 3 N–H and O–H groups in total. The average molecular weight is 442 g/mol. The van der Waals surface area contributed by atoms with Crippen molar-refractivity contribution in [1.82, 2.24) is 24.5 Å². The monoisotopic (exact) mass is 442 g/mol. The van der Waals surface area contributed by atoms with Crippen LogP contribution in [0.3, 0.4) is 0 Å². The predicted octanol–water partition coefficient (Wildman–Crippen LogP) is 3.92. The van der Waals surface area contributed by atoms with E-state index in [1.807, 2.05) is 47.0 Å². The van der Waals surface area contributed by atoms with Gasteiger partial charge in [-0.15, -0.1) is 0 Å². The highest BCUT2D eigenvalue weighted by Crippen LogP contribution is 2.31. The van der Waals surface area contributed by atoms with Gasteiger partial charge in [0.25, 0.3) is 0 Å². The van der Waals surface area contributed by atoms with Gasteiger partial charge in [-0.05, 0) is 54.1 Å². The molecular formula is C24H19FN6O2. The van der Waals surface area contributed by atoms with Gasteiger partial charge in [0.15, 0.2) is 11.5 Å². The van der Waals surface area contributed by atoms with Crippen LogP contribution in [-0.4, -0.2) is 36.5 Å². The van der Waals surface area contributed by atoms with Crippen molar-refractivity contribution in [3.63, 3.8) is 0 Å². The molecule has 0 unspecified atom stereocenters. The molecule has 0 radical (unpaired) electrons. The first-order chi connectivity index (χ1) is 16.2. The minimum atomic E-state index is -0.917. The first-order valence-corrected chi connectivity index (χ1v) is 10.1. The molecule has 0 aliphatic carbocycles. The molecule has 0 atom stereocenters. The van der Waals surface area contributed by atoms with Crippen LogP contribution in [0.5, 0.6) is 5.75 Å². The maximum absolute atomic E-state index is 12.4. The standard InChI is InChI=1S/C24H19FN6O2/c25-14-33-17-7-8-19(28-12-17)20-9-10-21-24(29-20)31(16-5-3-15(13-32)4-6-16)23(30-21)18-2-1-11-27-22(18)26/h1-12,32H,13-14H2,(H2,26,27). The van der Waals surface area contributed by atoms with Gasteiger partial charge in [-0.1, -0.05) is 12.1 Å². The highest BCUT2D eigenvalue weighted by atomic mass is 19.1. The normalized spacial score (nSPS) is 11.1. The molecule has 8 nitrogen and oxygen atoms in total. The van der Waals surface area contributed by atoms with Gasteiger partial charge in [0, 0.05) is 11.9 Å². The number of nitrogens with zero attached hydrogens (tertiary/aromatic N) is 5. The number of alkyl halides is 1. The third-order valence-corrected chi connectivity index (χ3v) is 5.18. The second kappa shape index (κ2) is 8.64. The molecular weight excluding hydrogens is 423 g/mol. The SMILES string of the molecule is Nc1ncccc1-c1nc2ccc(-c3ccc(OCF)cn3)nc2n1-c1ccc(CO)cc1. The van der Waals surface area contributed by atoms with E-state index in [1.165, 1.54) is 6.20 Å². The summed E-state index contributed by atoms with van der Waals surface area (Å²) in [6.07, 6.45) is 3.08. The molecule has 9 heteroatoms. The summed E-state index contributed by atoms with van der Waals surface area (Å²) in [5, 5.41) is 9.42. The molecule has 4 heterocycles. The molecule has 0 bridgehead atoms. The number of aliphatic hydroxyl groups is 1. The number of halogens is 1. The van der Waals surface area contributed by atoms with Gasteiger partial charge in [0.05, 0.1) is 29.8 Å². The number of hydrogen-bond donors (Lipinski definition) is 2. The molecule has 0 spiro atoms. The Morgan fingerprint density at radius 2 is 1.76 bits per heavy atom. The fourth-order valence-electron chi connectivity index (χ4n) is 3.56. The lowest BCUT2D eigenvalue weighted by atomic mass is 10.2. The third kappa shape index (κ3) is 3.85. The van der Waals surface area contributed by atoms with E-state index in [-0.39, 0.29) is 6.61 Å². The van der Waals surface area contributed by atoms with Gasteiger partial charge >= 0.3 is 0 Å². The van der Waals surface area contributed by atoms with Crippen LogP contribution in [0.4, 0.5) is 10.2 Å². The smallest absolute Gasteiger partial charge is 0.228 e. The van der Waals surface area contributed by atoms with Crippen molar-refractivity contribution in [3.8, 4) is 34.2 Å². The molecule has 5 aromatic rings. The number of imidazole rings is 1. The summed E-state index contributed by atoms with van der Waals surface area (Å²) in [5.41, 5.74) is 10.9. The van der Waals surface area contributed by atoms with Gasteiger partial charge in [-0.3, -0.25) is 9.55 Å². The van der Waals surface area contributed by atoms with Crippen LogP contribution in [0.1, 0.15) is 5.56 Å². The molecule has 0 aliphatic heterocycles. The number of aromatic nitrogens is 5. The molecule has 0 saturated heterocycles. The summed E-state index contributed by atoms with van der Waals surface area (Å²) in [6, 6.07) is 18.2. The van der Waals surface area contributed by atoms with Crippen LogP contribution in [-0.2, 0) is 6.61 Å². The molecule has 164 valence electrons. The second-order valence-electron chi connectivity index (χ2n) is 7.20. The lowest BCUT2D eigenvalue weighted by molar-refractivity contribution is 0.191. The number of fused-ring (bicyclic) bond motifs is 1. The predicted molar refractivity (Wildman–Crippen MR) is 122 cm³/mol. The minimum absolute atomic E-state index is 0.0520. The Balaban J connectivity index is 1.71. The van der Waals surface area contributed by atoms with Crippen LogP contribution in [0, 0.1) is 0 Å². The van der Waals surface area contributed by atoms with Gasteiger partial charge in [-0.2, -0.15) is 0 Å². The van der Waals surface area contributed by atoms with E-state index in [2.05, 4.69) is 9.97 Å². The van der Waals surface area contributed by atoms with Gasteiger partial charge < -0.3 is 15.6 Å². The largest absolute Gasteiger partial charge is 0.461 e. The lowest BCUT2D eigenvalue weighted by Gasteiger charge is -2.11. The summed E-state index contributed by atoms with van der Waals surface area (Å²) in [6.45, 7) is -0.969. The number of anilines is 1. The van der Waals surface area contributed by atoms with E-state index in [0.717, 1.165) is 11.3 Å². The molecule has 33 heavy (non-hydrogen) atoms. The first-order valence-electron chi connectivity index (χ1n) is 10.1. The van der Waals surface area contributed by atoms with Crippen molar-refractivity contribution in [1.29, 1.82) is 0 Å². The quantitative estimate of drug-likeness (QED) is 0.410. The Kier molecular flexibility index (Phi) is 5.37. The van der Waals surface area contributed by atoms with Gasteiger partial charge in [0.1, 0.15) is 17.1 Å². The number of rotatable bonds is 6. The van der Waals surface area contributed by atoms with Crippen molar-refractivity contribution in [2.45, 2.75) is 6.61 Å². The van der Waals surface area contributed by atoms with E-state index < -0.39 is 6.86 Å². The van der Waals surface area contributed by atoms with Crippen LogP contribution < -0.4 is 10.5 Å². The van der Waals surface area contributed by atoms with Crippen LogP contribution in [0.2, 0.25) is 0 Å². The number of nitrogen functional groups attached to an aromatic ring is 1. The summed E-state index contributed by atoms with van der Waals surface area (Å²) in [7, 11) is 0. The minimum Gasteiger partial charge on any atom is -0.461 e. The van der Waals surface area contributed by atoms with E-state index in [1.54, 1.807) is 24.4 Å². The van der Waals surface area contributed by atoms with Crippen molar-refractivity contribution in [2.24, 2.45) is 0 Å². The number of ether oxygens (including phenoxy) is 1. The number of benzene rings is 1. The van der Waals surface area contributed by atoms with Crippen LogP contribution in [0.15, 0.2) is 73.1 Å². The Morgan fingerprint density at radius 3 is 2.45 bits per heavy atom. The van der Waals surface area contributed by atoms with Crippen molar-refractivity contribution in [3.05, 3.63) is 78.6 Å². The fraction of sp³-hybridized carbons (Fsp3) is 0.0833. The Hall–Kier alpha value is -4.37. The summed E-state index contributed by atoms with van der Waals surface area (Å²) >= 11 is 0. The Morgan fingerprint density at radius 1 is 0.939 bits per heavy atom. The van der Waals surface area contributed by atoms with E-state index in [0.29, 0.717) is 45.5 Å². The number of hydrogen-bond acceptors (Lipinski definition) is 7.